The van der Waals surface area contributed by atoms with Gasteiger partial charge in [0.1, 0.15) is 6.04 Å². The van der Waals surface area contributed by atoms with Gasteiger partial charge in [0.2, 0.25) is 10.0 Å². The lowest BCUT2D eigenvalue weighted by molar-refractivity contribution is -0.151. The number of aliphatic hydroxyl groups is 1. The number of halogens is 1. The fourth-order valence-electron chi connectivity index (χ4n) is 3.36. The van der Waals surface area contributed by atoms with Crippen LogP contribution in [-0.2, 0) is 30.9 Å². The average Bonchev–Trinajstić information content (AvgIpc) is 3.16. The molecule has 0 aliphatic carbocycles. The summed E-state index contributed by atoms with van der Waals surface area (Å²) in [6.45, 7) is 3.10. The minimum Gasteiger partial charge on any atom is -0.454 e. The third kappa shape index (κ3) is 5.66. The summed E-state index contributed by atoms with van der Waals surface area (Å²) in [5.41, 5.74) is 2.55. The number of hydrogen-bond acceptors (Lipinski definition) is 6. The Bertz CT molecular complexity index is 1100. The lowest BCUT2D eigenvalue weighted by Gasteiger charge is -2.22. The molecule has 1 aliphatic heterocycles. The molecule has 1 aliphatic rings. The molecule has 10 heteroatoms. The van der Waals surface area contributed by atoms with Gasteiger partial charge >= 0.3 is 5.97 Å². The maximum atomic E-state index is 13.1. The molecule has 1 heterocycles. The number of nitrogens with zero attached hydrogens (tertiary/aromatic N) is 1. The fraction of sp³-hybridized carbons (Fsp3) is 0.364. The van der Waals surface area contributed by atoms with Gasteiger partial charge in [0, 0.05) is 24.5 Å². The van der Waals surface area contributed by atoms with Crippen molar-refractivity contribution in [3.63, 3.8) is 0 Å². The Hall–Kier alpha value is -2.46. The Morgan fingerprint density at radius 3 is 2.50 bits per heavy atom. The Balaban J connectivity index is 1.62. The number of benzene rings is 2. The first-order chi connectivity index (χ1) is 15.1. The van der Waals surface area contributed by atoms with Crippen molar-refractivity contribution in [2.75, 3.05) is 13.2 Å². The predicted octanol–water partition coefficient (Wildman–Crippen LogP) is 1.94. The number of carbonyl (C=O) groups is 2. The molecule has 32 heavy (non-hydrogen) atoms. The third-order valence-corrected chi connectivity index (χ3v) is 7.46. The highest BCUT2D eigenvalue weighted by atomic mass is 35.5. The molecule has 2 atom stereocenters. The molecule has 3 rings (SSSR count). The SMILES string of the molecule is Cc1ccc(S(=O)(=O)N2CC(O)CC2C(=O)OCC(=O)NCc2ccc(Cl)cc2)cc1C. The number of carbonyl (C=O) groups excluding carboxylic acids is 2. The van der Waals surface area contributed by atoms with Gasteiger partial charge < -0.3 is 15.2 Å². The molecule has 2 N–H and O–H groups in total. The molecule has 0 bridgehead atoms. The highest BCUT2D eigenvalue weighted by Gasteiger charge is 2.44. The van der Waals surface area contributed by atoms with Crippen molar-refractivity contribution in [3.05, 3.63) is 64.2 Å². The first-order valence-electron chi connectivity index (χ1n) is 10.0. The molecule has 1 fully saturated rings. The van der Waals surface area contributed by atoms with Crippen LogP contribution in [0.5, 0.6) is 0 Å². The van der Waals surface area contributed by atoms with Crippen LogP contribution in [0.4, 0.5) is 0 Å². The van der Waals surface area contributed by atoms with E-state index >= 15 is 0 Å². The molecule has 2 aromatic rings. The van der Waals surface area contributed by atoms with Crippen LogP contribution in [0, 0.1) is 13.8 Å². The number of ether oxygens (including phenoxy) is 1. The van der Waals surface area contributed by atoms with E-state index in [9.17, 15) is 23.1 Å². The van der Waals surface area contributed by atoms with E-state index in [0.29, 0.717) is 5.02 Å². The minimum atomic E-state index is -4.03. The largest absolute Gasteiger partial charge is 0.454 e. The zero-order chi connectivity index (χ0) is 23.5. The van der Waals surface area contributed by atoms with E-state index in [1.54, 1.807) is 37.3 Å². The van der Waals surface area contributed by atoms with E-state index < -0.39 is 40.7 Å². The first-order valence-corrected chi connectivity index (χ1v) is 11.8. The number of hydrogen-bond donors (Lipinski definition) is 2. The normalized spacial score (nSPS) is 19.0. The highest BCUT2D eigenvalue weighted by Crippen LogP contribution is 2.28. The van der Waals surface area contributed by atoms with Gasteiger partial charge in [0.25, 0.3) is 5.91 Å². The van der Waals surface area contributed by atoms with Gasteiger partial charge in [-0.1, -0.05) is 29.8 Å². The van der Waals surface area contributed by atoms with Gasteiger partial charge in [-0.3, -0.25) is 9.59 Å². The van der Waals surface area contributed by atoms with Crippen LogP contribution < -0.4 is 5.32 Å². The second kappa shape index (κ2) is 9.99. The van der Waals surface area contributed by atoms with Crippen LogP contribution in [0.2, 0.25) is 5.02 Å². The van der Waals surface area contributed by atoms with Crippen molar-refractivity contribution < 1.29 is 27.9 Å². The molecule has 172 valence electrons. The summed E-state index contributed by atoms with van der Waals surface area (Å²) >= 11 is 5.82. The summed E-state index contributed by atoms with van der Waals surface area (Å²) in [5, 5.41) is 13.2. The van der Waals surface area contributed by atoms with Crippen molar-refractivity contribution in [1.82, 2.24) is 9.62 Å². The quantitative estimate of drug-likeness (QED) is 0.585. The van der Waals surface area contributed by atoms with Crippen LogP contribution in [-0.4, -0.2) is 55.0 Å². The number of rotatable bonds is 7. The first kappa shape index (κ1) is 24.2. The zero-order valence-corrected chi connectivity index (χ0v) is 19.3. The number of amides is 1. The van der Waals surface area contributed by atoms with Gasteiger partial charge in [-0.15, -0.1) is 0 Å². The molecule has 2 unspecified atom stereocenters. The second-order valence-electron chi connectivity index (χ2n) is 7.74. The van der Waals surface area contributed by atoms with Crippen LogP contribution >= 0.6 is 11.6 Å². The standard InChI is InChI=1S/C22H25ClN2O6S/c1-14-3-8-19(9-15(14)2)32(29,30)25-12-18(26)10-20(25)22(28)31-13-21(27)24-11-16-4-6-17(23)7-5-16/h3-9,18,20,26H,10-13H2,1-2H3,(H,24,27). The summed E-state index contributed by atoms with van der Waals surface area (Å²) in [5.74, 6) is -1.41. The van der Waals surface area contributed by atoms with E-state index in [2.05, 4.69) is 5.32 Å². The van der Waals surface area contributed by atoms with E-state index in [4.69, 9.17) is 16.3 Å². The van der Waals surface area contributed by atoms with Crippen molar-refractivity contribution in [2.45, 2.75) is 43.9 Å². The molecule has 0 radical (unpaired) electrons. The molecule has 0 spiro atoms. The molecule has 1 saturated heterocycles. The highest BCUT2D eigenvalue weighted by molar-refractivity contribution is 7.89. The fourth-order valence-corrected chi connectivity index (χ4v) is 5.20. The third-order valence-electron chi connectivity index (χ3n) is 5.34. The monoisotopic (exact) mass is 480 g/mol. The lowest BCUT2D eigenvalue weighted by Crippen LogP contribution is -2.42. The minimum absolute atomic E-state index is 0.0354. The Morgan fingerprint density at radius 1 is 1.16 bits per heavy atom. The Morgan fingerprint density at radius 2 is 1.84 bits per heavy atom. The van der Waals surface area contributed by atoms with E-state index in [1.165, 1.54) is 12.1 Å². The topological polar surface area (TPSA) is 113 Å². The molecule has 2 aromatic carbocycles. The zero-order valence-electron chi connectivity index (χ0n) is 17.7. The molecule has 1 amide bonds. The summed E-state index contributed by atoms with van der Waals surface area (Å²) in [6.07, 6.45) is -1.11. The van der Waals surface area contributed by atoms with E-state index in [-0.39, 0.29) is 24.4 Å². The number of aryl methyl sites for hydroxylation is 2. The lowest BCUT2D eigenvalue weighted by atomic mass is 10.1. The summed E-state index contributed by atoms with van der Waals surface area (Å²) in [7, 11) is -4.03. The number of aliphatic hydroxyl groups excluding tert-OH is 1. The van der Waals surface area contributed by atoms with Crippen LogP contribution in [0.1, 0.15) is 23.1 Å². The molecule has 0 aromatic heterocycles. The van der Waals surface area contributed by atoms with Crippen molar-refractivity contribution in [3.8, 4) is 0 Å². The smallest absolute Gasteiger partial charge is 0.325 e. The number of esters is 1. The molecule has 8 nitrogen and oxygen atoms in total. The van der Waals surface area contributed by atoms with E-state index in [0.717, 1.165) is 21.0 Å². The maximum Gasteiger partial charge on any atom is 0.325 e. The Kier molecular flexibility index (Phi) is 7.55. The number of sulfonamides is 1. The van der Waals surface area contributed by atoms with Crippen LogP contribution in [0.3, 0.4) is 0 Å². The second-order valence-corrected chi connectivity index (χ2v) is 10.1. The van der Waals surface area contributed by atoms with Gasteiger partial charge in [-0.2, -0.15) is 4.31 Å². The maximum absolute atomic E-state index is 13.1. The number of β-amino-alcohol motifs (C(OH)–C–C–N with tert-alkyl or cyclic N) is 1. The van der Waals surface area contributed by atoms with E-state index in [1.807, 2.05) is 6.92 Å². The van der Waals surface area contributed by atoms with Gasteiger partial charge in [-0.05, 0) is 54.8 Å². The molecular weight excluding hydrogens is 456 g/mol. The average molecular weight is 481 g/mol. The van der Waals surface area contributed by atoms with Crippen LogP contribution in [0.15, 0.2) is 47.4 Å². The Labute approximate surface area is 192 Å². The summed E-state index contributed by atoms with van der Waals surface area (Å²) < 4.78 is 32.2. The van der Waals surface area contributed by atoms with Crippen molar-refractivity contribution >= 4 is 33.5 Å². The predicted molar refractivity (Wildman–Crippen MR) is 118 cm³/mol. The van der Waals surface area contributed by atoms with Crippen LogP contribution in [0.25, 0.3) is 0 Å². The number of nitrogens with one attached hydrogen (secondary N) is 1. The van der Waals surface area contributed by atoms with Crippen molar-refractivity contribution in [1.29, 1.82) is 0 Å². The van der Waals surface area contributed by atoms with Gasteiger partial charge in [-0.25, -0.2) is 8.42 Å². The molecular formula is C22H25ClN2O6S. The summed E-state index contributed by atoms with van der Waals surface area (Å²) in [4.78, 5) is 24.7. The van der Waals surface area contributed by atoms with Gasteiger partial charge in [0.05, 0.1) is 11.0 Å². The summed E-state index contributed by atoms with van der Waals surface area (Å²) in [6, 6.07) is 10.4. The van der Waals surface area contributed by atoms with Crippen molar-refractivity contribution in [2.24, 2.45) is 0 Å². The molecule has 0 saturated carbocycles. The van der Waals surface area contributed by atoms with Gasteiger partial charge in [0.15, 0.2) is 6.61 Å².